The first-order valence-electron chi connectivity index (χ1n) is 6.55. The molecule has 2 heterocycles. The van der Waals surface area contributed by atoms with Gasteiger partial charge in [0.05, 0.1) is 15.4 Å². The van der Waals surface area contributed by atoms with E-state index in [1.54, 1.807) is 11.3 Å². The van der Waals surface area contributed by atoms with Gasteiger partial charge in [-0.05, 0) is 54.0 Å². The van der Waals surface area contributed by atoms with Crippen molar-refractivity contribution in [3.63, 3.8) is 0 Å². The van der Waals surface area contributed by atoms with Crippen LogP contribution in [0, 0.1) is 6.92 Å². The third-order valence-corrected chi connectivity index (χ3v) is 4.88. The molecule has 1 aromatic carbocycles. The largest absolute Gasteiger partial charge is 0.377 e. The van der Waals surface area contributed by atoms with Crippen molar-refractivity contribution in [3.05, 3.63) is 50.9 Å². The van der Waals surface area contributed by atoms with Crippen molar-refractivity contribution in [1.82, 2.24) is 10.1 Å². The molecule has 3 aromatic rings. The molecule has 1 N–H and O–H groups in total. The van der Waals surface area contributed by atoms with Gasteiger partial charge in [0.25, 0.3) is 5.89 Å². The maximum absolute atomic E-state index is 5.28. The van der Waals surface area contributed by atoms with Crippen molar-refractivity contribution in [3.8, 4) is 11.5 Å². The average Bonchev–Trinajstić information content (AvgIpc) is 3.08. The van der Waals surface area contributed by atoms with Crippen LogP contribution >= 0.6 is 27.3 Å². The highest BCUT2D eigenvalue weighted by atomic mass is 79.9. The van der Waals surface area contributed by atoms with Gasteiger partial charge in [0, 0.05) is 10.6 Å². The summed E-state index contributed by atoms with van der Waals surface area (Å²) in [4.78, 5) is 5.57. The van der Waals surface area contributed by atoms with E-state index in [1.165, 1.54) is 4.88 Å². The number of para-hydroxylation sites is 1. The Bertz CT molecular complexity index is 753. The SMILES string of the molecule is Cc1noc(-c2ccccc2NC(C)c2ccc(Br)s2)n1. The molecule has 4 nitrogen and oxygen atoms in total. The molecule has 0 fully saturated rings. The van der Waals surface area contributed by atoms with Crippen LogP contribution in [0.15, 0.2) is 44.7 Å². The summed E-state index contributed by atoms with van der Waals surface area (Å²) in [6, 6.07) is 12.3. The van der Waals surface area contributed by atoms with Gasteiger partial charge in [0.15, 0.2) is 5.82 Å². The molecule has 0 bridgehead atoms. The predicted molar refractivity (Wildman–Crippen MR) is 88.5 cm³/mol. The zero-order valence-corrected chi connectivity index (χ0v) is 14.0. The number of nitrogens with zero attached hydrogens (tertiary/aromatic N) is 2. The first-order chi connectivity index (χ1) is 10.1. The minimum atomic E-state index is 0.200. The van der Waals surface area contributed by atoms with Crippen molar-refractivity contribution in [2.24, 2.45) is 0 Å². The molecular weight excluding hydrogens is 350 g/mol. The summed E-state index contributed by atoms with van der Waals surface area (Å²) in [6.45, 7) is 3.95. The molecular formula is C15H14BrN3OS. The van der Waals surface area contributed by atoms with Gasteiger partial charge in [-0.25, -0.2) is 0 Å². The molecule has 0 radical (unpaired) electrons. The number of thiophene rings is 1. The fraction of sp³-hybridized carbons (Fsp3) is 0.200. The highest BCUT2D eigenvalue weighted by Gasteiger charge is 2.14. The van der Waals surface area contributed by atoms with Crippen molar-refractivity contribution >= 4 is 33.0 Å². The summed E-state index contributed by atoms with van der Waals surface area (Å²) >= 11 is 5.22. The zero-order valence-electron chi connectivity index (χ0n) is 11.6. The Labute approximate surface area is 135 Å². The lowest BCUT2D eigenvalue weighted by molar-refractivity contribution is 0.425. The number of halogens is 1. The summed E-state index contributed by atoms with van der Waals surface area (Å²) in [7, 11) is 0. The topological polar surface area (TPSA) is 51.0 Å². The summed E-state index contributed by atoms with van der Waals surface area (Å²) in [5, 5.41) is 7.37. The van der Waals surface area contributed by atoms with Crippen molar-refractivity contribution < 1.29 is 4.52 Å². The Balaban J connectivity index is 1.89. The van der Waals surface area contributed by atoms with E-state index in [0.717, 1.165) is 15.0 Å². The van der Waals surface area contributed by atoms with Crippen LogP contribution in [-0.4, -0.2) is 10.1 Å². The van der Waals surface area contributed by atoms with Gasteiger partial charge in [-0.2, -0.15) is 4.98 Å². The molecule has 3 rings (SSSR count). The standard InChI is InChI=1S/C15H14BrN3OS/c1-9(13-7-8-14(16)21-13)17-12-6-4-3-5-11(12)15-18-10(2)19-20-15/h3-9,17H,1-2H3. The number of hydrogen-bond acceptors (Lipinski definition) is 5. The maximum Gasteiger partial charge on any atom is 0.260 e. The number of aryl methyl sites for hydroxylation is 1. The molecule has 0 aliphatic rings. The van der Waals surface area contributed by atoms with Crippen LogP contribution in [0.2, 0.25) is 0 Å². The normalized spacial score (nSPS) is 12.3. The van der Waals surface area contributed by atoms with E-state index in [2.05, 4.69) is 50.4 Å². The summed E-state index contributed by atoms with van der Waals surface area (Å²) in [5.74, 6) is 1.17. The molecule has 1 atom stereocenters. The number of hydrogen-bond donors (Lipinski definition) is 1. The fourth-order valence-electron chi connectivity index (χ4n) is 2.07. The highest BCUT2D eigenvalue weighted by Crippen LogP contribution is 2.32. The maximum atomic E-state index is 5.28. The van der Waals surface area contributed by atoms with Crippen molar-refractivity contribution in [1.29, 1.82) is 0 Å². The summed E-state index contributed by atoms with van der Waals surface area (Å²) in [5.41, 5.74) is 1.90. The molecule has 0 aliphatic carbocycles. The minimum Gasteiger partial charge on any atom is -0.377 e. The highest BCUT2D eigenvalue weighted by molar-refractivity contribution is 9.11. The quantitative estimate of drug-likeness (QED) is 0.705. The van der Waals surface area contributed by atoms with Crippen LogP contribution in [-0.2, 0) is 0 Å². The van der Waals surface area contributed by atoms with Gasteiger partial charge in [0.1, 0.15) is 0 Å². The average molecular weight is 364 g/mol. The Morgan fingerprint density at radius 2 is 2.05 bits per heavy atom. The fourth-order valence-corrected chi connectivity index (χ4v) is 3.49. The van der Waals surface area contributed by atoms with Gasteiger partial charge in [-0.15, -0.1) is 11.3 Å². The number of nitrogens with one attached hydrogen (secondary N) is 1. The molecule has 1 unspecified atom stereocenters. The Morgan fingerprint density at radius 3 is 2.71 bits per heavy atom. The summed E-state index contributed by atoms with van der Waals surface area (Å²) < 4.78 is 6.41. The van der Waals surface area contributed by atoms with Crippen LogP contribution in [0.4, 0.5) is 5.69 Å². The summed E-state index contributed by atoms with van der Waals surface area (Å²) in [6.07, 6.45) is 0. The number of rotatable bonds is 4. The van der Waals surface area contributed by atoms with E-state index >= 15 is 0 Å². The van der Waals surface area contributed by atoms with E-state index in [-0.39, 0.29) is 6.04 Å². The Kier molecular flexibility index (Phi) is 4.07. The van der Waals surface area contributed by atoms with Gasteiger partial charge in [-0.1, -0.05) is 17.3 Å². The zero-order chi connectivity index (χ0) is 14.8. The molecule has 0 saturated carbocycles. The monoisotopic (exact) mass is 363 g/mol. The van der Waals surface area contributed by atoms with Crippen LogP contribution in [0.5, 0.6) is 0 Å². The third-order valence-electron chi connectivity index (χ3n) is 3.08. The molecule has 0 amide bonds. The molecule has 0 saturated heterocycles. The van der Waals surface area contributed by atoms with Gasteiger partial charge in [0.2, 0.25) is 0 Å². The lowest BCUT2D eigenvalue weighted by atomic mass is 10.1. The first-order valence-corrected chi connectivity index (χ1v) is 8.16. The van der Waals surface area contributed by atoms with E-state index in [4.69, 9.17) is 4.52 Å². The predicted octanol–water partition coefficient (Wildman–Crippen LogP) is 5.04. The Morgan fingerprint density at radius 1 is 1.24 bits per heavy atom. The van der Waals surface area contributed by atoms with Crippen molar-refractivity contribution in [2.45, 2.75) is 19.9 Å². The molecule has 6 heteroatoms. The minimum absolute atomic E-state index is 0.200. The van der Waals surface area contributed by atoms with Crippen LogP contribution in [0.3, 0.4) is 0 Å². The second kappa shape index (κ2) is 5.99. The lowest BCUT2D eigenvalue weighted by Gasteiger charge is -2.15. The number of anilines is 1. The second-order valence-corrected chi connectivity index (χ2v) is 7.19. The number of aromatic nitrogens is 2. The third kappa shape index (κ3) is 3.16. The molecule has 21 heavy (non-hydrogen) atoms. The van der Waals surface area contributed by atoms with Crippen LogP contribution in [0.1, 0.15) is 23.7 Å². The van der Waals surface area contributed by atoms with Crippen LogP contribution in [0.25, 0.3) is 11.5 Å². The lowest BCUT2D eigenvalue weighted by Crippen LogP contribution is -2.05. The molecule has 2 aromatic heterocycles. The second-order valence-electron chi connectivity index (χ2n) is 4.70. The van der Waals surface area contributed by atoms with Gasteiger partial charge >= 0.3 is 0 Å². The number of benzene rings is 1. The van der Waals surface area contributed by atoms with Crippen LogP contribution < -0.4 is 5.32 Å². The van der Waals surface area contributed by atoms with Gasteiger partial charge < -0.3 is 9.84 Å². The van der Waals surface area contributed by atoms with E-state index in [0.29, 0.717) is 11.7 Å². The molecule has 0 aliphatic heterocycles. The van der Waals surface area contributed by atoms with Gasteiger partial charge in [-0.3, -0.25) is 0 Å². The van der Waals surface area contributed by atoms with E-state index in [1.807, 2.05) is 31.2 Å². The first kappa shape index (κ1) is 14.3. The van der Waals surface area contributed by atoms with E-state index in [9.17, 15) is 0 Å². The van der Waals surface area contributed by atoms with E-state index < -0.39 is 0 Å². The molecule has 108 valence electrons. The smallest absolute Gasteiger partial charge is 0.260 e. The molecule has 0 spiro atoms. The Hall–Kier alpha value is -1.66. The van der Waals surface area contributed by atoms with Crippen molar-refractivity contribution in [2.75, 3.05) is 5.32 Å².